The van der Waals surface area contributed by atoms with E-state index in [9.17, 15) is 5.11 Å². The van der Waals surface area contributed by atoms with Crippen LogP contribution in [0.5, 0.6) is 11.5 Å². The van der Waals surface area contributed by atoms with Gasteiger partial charge in [0.05, 0.1) is 13.2 Å². The summed E-state index contributed by atoms with van der Waals surface area (Å²) in [7, 11) is 1.55. The number of aliphatic hydroxyl groups is 1. The summed E-state index contributed by atoms with van der Waals surface area (Å²) in [6.45, 7) is 7.79. The average Bonchev–Trinajstić information content (AvgIpc) is 2.44. The summed E-state index contributed by atoms with van der Waals surface area (Å²) in [6, 6.07) is 6.20. The van der Waals surface area contributed by atoms with Gasteiger partial charge < -0.3 is 24.6 Å². The SMILES string of the molecule is CCOc1cccc(CNC(C)C)c1OCC(O)COC. The first-order valence-electron chi connectivity index (χ1n) is 7.36. The number of methoxy groups -OCH3 is 1. The highest BCUT2D eigenvalue weighted by atomic mass is 16.5. The Hall–Kier alpha value is -1.30. The monoisotopic (exact) mass is 297 g/mol. The van der Waals surface area contributed by atoms with E-state index in [0.717, 1.165) is 5.56 Å². The van der Waals surface area contributed by atoms with Crippen LogP contribution in [-0.4, -0.2) is 44.2 Å². The van der Waals surface area contributed by atoms with E-state index in [0.29, 0.717) is 30.7 Å². The number of ether oxygens (including phenoxy) is 3. The Morgan fingerprint density at radius 3 is 2.57 bits per heavy atom. The van der Waals surface area contributed by atoms with Gasteiger partial charge >= 0.3 is 0 Å². The summed E-state index contributed by atoms with van der Waals surface area (Å²) in [4.78, 5) is 0. The van der Waals surface area contributed by atoms with Crippen molar-refractivity contribution < 1.29 is 19.3 Å². The second-order valence-corrected chi connectivity index (χ2v) is 5.13. The van der Waals surface area contributed by atoms with Gasteiger partial charge in [-0.05, 0) is 13.0 Å². The molecule has 2 N–H and O–H groups in total. The van der Waals surface area contributed by atoms with E-state index in [2.05, 4.69) is 19.2 Å². The molecule has 1 atom stereocenters. The van der Waals surface area contributed by atoms with Crippen molar-refractivity contribution in [2.45, 2.75) is 39.5 Å². The van der Waals surface area contributed by atoms with E-state index < -0.39 is 6.10 Å². The average molecular weight is 297 g/mol. The van der Waals surface area contributed by atoms with Crippen molar-refractivity contribution in [2.24, 2.45) is 0 Å². The minimum atomic E-state index is -0.657. The molecule has 0 heterocycles. The molecule has 0 aliphatic rings. The molecule has 0 amide bonds. The van der Waals surface area contributed by atoms with E-state index in [-0.39, 0.29) is 13.2 Å². The highest BCUT2D eigenvalue weighted by molar-refractivity contribution is 5.46. The Kier molecular flexibility index (Phi) is 8.12. The fourth-order valence-corrected chi connectivity index (χ4v) is 1.87. The van der Waals surface area contributed by atoms with Crippen LogP contribution in [0.2, 0.25) is 0 Å². The standard InChI is InChI=1S/C16H27NO4/c1-5-20-15-8-6-7-13(9-17-12(2)3)16(15)21-11-14(18)10-19-4/h6-8,12,14,17-18H,5,9-11H2,1-4H3. The lowest BCUT2D eigenvalue weighted by Crippen LogP contribution is -2.25. The minimum absolute atomic E-state index is 0.173. The van der Waals surface area contributed by atoms with E-state index in [1.165, 1.54) is 0 Å². The summed E-state index contributed by atoms with van der Waals surface area (Å²) in [5, 5.41) is 13.1. The van der Waals surface area contributed by atoms with Crippen LogP contribution in [0, 0.1) is 0 Å². The maximum Gasteiger partial charge on any atom is 0.165 e. The molecule has 5 nitrogen and oxygen atoms in total. The summed E-state index contributed by atoms with van der Waals surface area (Å²) in [5.41, 5.74) is 1.01. The molecule has 0 spiro atoms. The third-order valence-electron chi connectivity index (χ3n) is 2.84. The highest BCUT2D eigenvalue weighted by Gasteiger charge is 2.13. The van der Waals surface area contributed by atoms with Crippen molar-refractivity contribution in [3.8, 4) is 11.5 Å². The Morgan fingerprint density at radius 2 is 1.95 bits per heavy atom. The van der Waals surface area contributed by atoms with Gasteiger partial charge in [-0.2, -0.15) is 0 Å². The number of hydrogen-bond donors (Lipinski definition) is 2. The van der Waals surface area contributed by atoms with Crippen LogP contribution >= 0.6 is 0 Å². The number of para-hydroxylation sites is 1. The molecule has 1 rings (SSSR count). The Balaban J connectivity index is 2.83. The van der Waals surface area contributed by atoms with Crippen molar-refractivity contribution in [3.63, 3.8) is 0 Å². The van der Waals surface area contributed by atoms with Gasteiger partial charge in [-0.25, -0.2) is 0 Å². The highest BCUT2D eigenvalue weighted by Crippen LogP contribution is 2.31. The van der Waals surface area contributed by atoms with E-state index in [4.69, 9.17) is 14.2 Å². The van der Waals surface area contributed by atoms with E-state index >= 15 is 0 Å². The van der Waals surface area contributed by atoms with Crippen molar-refractivity contribution in [2.75, 3.05) is 26.9 Å². The second kappa shape index (κ2) is 9.60. The number of hydrogen-bond acceptors (Lipinski definition) is 5. The number of aliphatic hydroxyl groups excluding tert-OH is 1. The van der Waals surface area contributed by atoms with Gasteiger partial charge in [0.2, 0.25) is 0 Å². The van der Waals surface area contributed by atoms with Crippen molar-refractivity contribution >= 4 is 0 Å². The van der Waals surface area contributed by atoms with E-state index in [1.807, 2.05) is 25.1 Å². The Bertz CT molecular complexity index is 409. The molecular weight excluding hydrogens is 270 g/mol. The van der Waals surface area contributed by atoms with Crippen LogP contribution in [0.3, 0.4) is 0 Å². The van der Waals surface area contributed by atoms with Crippen LogP contribution < -0.4 is 14.8 Å². The summed E-state index contributed by atoms with van der Waals surface area (Å²) < 4.78 is 16.3. The third-order valence-corrected chi connectivity index (χ3v) is 2.84. The van der Waals surface area contributed by atoms with Crippen LogP contribution in [0.25, 0.3) is 0 Å². The van der Waals surface area contributed by atoms with E-state index in [1.54, 1.807) is 7.11 Å². The number of benzene rings is 1. The molecule has 21 heavy (non-hydrogen) atoms. The van der Waals surface area contributed by atoms with Crippen LogP contribution in [0.1, 0.15) is 26.3 Å². The Morgan fingerprint density at radius 1 is 1.19 bits per heavy atom. The Labute approximate surface area is 127 Å². The lowest BCUT2D eigenvalue weighted by Gasteiger charge is -2.18. The van der Waals surface area contributed by atoms with Gasteiger partial charge in [0.1, 0.15) is 12.7 Å². The van der Waals surface area contributed by atoms with Gasteiger partial charge in [-0.15, -0.1) is 0 Å². The lowest BCUT2D eigenvalue weighted by molar-refractivity contribution is 0.0315. The first-order valence-corrected chi connectivity index (χ1v) is 7.36. The quantitative estimate of drug-likeness (QED) is 0.691. The predicted molar refractivity (Wildman–Crippen MR) is 83.0 cm³/mol. The normalized spacial score (nSPS) is 12.5. The first-order chi connectivity index (χ1) is 10.1. The minimum Gasteiger partial charge on any atom is -0.490 e. The maximum atomic E-state index is 9.73. The molecule has 0 bridgehead atoms. The van der Waals surface area contributed by atoms with Gasteiger partial charge in [0, 0.05) is 25.3 Å². The molecule has 0 aliphatic heterocycles. The maximum absolute atomic E-state index is 9.73. The zero-order valence-electron chi connectivity index (χ0n) is 13.4. The van der Waals surface area contributed by atoms with Gasteiger partial charge in [0.15, 0.2) is 11.5 Å². The molecule has 120 valence electrons. The largest absolute Gasteiger partial charge is 0.490 e. The lowest BCUT2D eigenvalue weighted by atomic mass is 10.1. The topological polar surface area (TPSA) is 60.0 Å². The molecule has 0 fully saturated rings. The molecular formula is C16H27NO4. The number of nitrogens with one attached hydrogen (secondary N) is 1. The molecule has 0 saturated heterocycles. The van der Waals surface area contributed by atoms with Crippen molar-refractivity contribution in [3.05, 3.63) is 23.8 Å². The molecule has 0 aromatic heterocycles. The second-order valence-electron chi connectivity index (χ2n) is 5.13. The van der Waals surface area contributed by atoms with Crippen LogP contribution in [0.4, 0.5) is 0 Å². The molecule has 0 radical (unpaired) electrons. The molecule has 0 saturated carbocycles. The summed E-state index contributed by atoms with van der Waals surface area (Å²) in [5.74, 6) is 1.38. The molecule has 1 aromatic carbocycles. The van der Waals surface area contributed by atoms with Crippen LogP contribution in [-0.2, 0) is 11.3 Å². The smallest absolute Gasteiger partial charge is 0.165 e. The third kappa shape index (κ3) is 6.33. The van der Waals surface area contributed by atoms with Crippen LogP contribution in [0.15, 0.2) is 18.2 Å². The fourth-order valence-electron chi connectivity index (χ4n) is 1.87. The zero-order valence-corrected chi connectivity index (χ0v) is 13.4. The predicted octanol–water partition coefficient (Wildman–Crippen LogP) is 1.97. The summed E-state index contributed by atoms with van der Waals surface area (Å²) >= 11 is 0. The fraction of sp³-hybridized carbons (Fsp3) is 0.625. The first kappa shape index (κ1) is 17.8. The molecule has 0 aliphatic carbocycles. The molecule has 5 heteroatoms. The van der Waals surface area contributed by atoms with Gasteiger partial charge in [-0.1, -0.05) is 26.0 Å². The van der Waals surface area contributed by atoms with Gasteiger partial charge in [-0.3, -0.25) is 0 Å². The summed E-state index contributed by atoms with van der Waals surface area (Å²) in [6.07, 6.45) is -0.657. The van der Waals surface area contributed by atoms with Crippen molar-refractivity contribution in [1.29, 1.82) is 0 Å². The van der Waals surface area contributed by atoms with Crippen molar-refractivity contribution in [1.82, 2.24) is 5.32 Å². The zero-order chi connectivity index (χ0) is 15.7. The van der Waals surface area contributed by atoms with Gasteiger partial charge in [0.25, 0.3) is 0 Å². The molecule has 1 aromatic rings. The molecule has 1 unspecified atom stereocenters. The number of rotatable bonds is 10.